The van der Waals surface area contributed by atoms with Crippen LogP contribution in [0.4, 0.5) is 4.79 Å². The Bertz CT molecular complexity index is 877. The second-order valence-corrected chi connectivity index (χ2v) is 8.96. The molecule has 1 aromatic heterocycles. The third kappa shape index (κ3) is 4.32. The third-order valence-corrected chi connectivity index (χ3v) is 6.82. The van der Waals surface area contributed by atoms with Gasteiger partial charge in [0, 0.05) is 31.6 Å². The molecule has 3 amide bonds. The summed E-state index contributed by atoms with van der Waals surface area (Å²) in [7, 11) is 3.47. The van der Waals surface area contributed by atoms with Crippen molar-refractivity contribution in [2.75, 3.05) is 27.2 Å². The smallest absolute Gasteiger partial charge is 0.320 e. The Labute approximate surface area is 177 Å². The number of hydrogen-bond acceptors (Lipinski definition) is 3. The van der Waals surface area contributed by atoms with Crippen LogP contribution >= 0.6 is 11.3 Å². The second-order valence-electron chi connectivity index (χ2n) is 7.96. The van der Waals surface area contributed by atoms with Gasteiger partial charge in [0.05, 0.1) is 6.04 Å². The highest BCUT2D eigenvalue weighted by molar-refractivity contribution is 7.10. The molecule has 2 heterocycles. The van der Waals surface area contributed by atoms with Gasteiger partial charge in [0.2, 0.25) is 5.91 Å². The SMILES string of the molecule is CC[C@H](C)N(CC(=O)N1CCc2sccc2[C@H]1c1ccccc1C)C(=O)N(C)C. The minimum Gasteiger partial charge on any atom is -0.331 e. The molecular weight excluding hydrogens is 382 g/mol. The maximum Gasteiger partial charge on any atom is 0.320 e. The van der Waals surface area contributed by atoms with E-state index in [9.17, 15) is 9.59 Å². The average Bonchev–Trinajstić information content (AvgIpc) is 3.19. The molecule has 6 heteroatoms. The fourth-order valence-electron chi connectivity index (χ4n) is 3.94. The van der Waals surface area contributed by atoms with Crippen molar-refractivity contribution in [3.8, 4) is 0 Å². The number of carbonyl (C=O) groups is 2. The van der Waals surface area contributed by atoms with E-state index in [4.69, 9.17) is 0 Å². The molecule has 0 spiro atoms. The van der Waals surface area contributed by atoms with Crippen molar-refractivity contribution in [2.24, 2.45) is 0 Å². The van der Waals surface area contributed by atoms with Gasteiger partial charge in [0.15, 0.2) is 0 Å². The van der Waals surface area contributed by atoms with Gasteiger partial charge in [0.1, 0.15) is 6.54 Å². The maximum atomic E-state index is 13.5. The van der Waals surface area contributed by atoms with Crippen molar-refractivity contribution in [3.05, 3.63) is 57.3 Å². The number of amides is 3. The first-order valence-corrected chi connectivity index (χ1v) is 11.1. The third-order valence-electron chi connectivity index (χ3n) is 5.83. The average molecular weight is 414 g/mol. The molecule has 0 saturated carbocycles. The normalized spacial score (nSPS) is 16.9. The highest BCUT2D eigenvalue weighted by Crippen LogP contribution is 2.39. The van der Waals surface area contributed by atoms with Crippen molar-refractivity contribution in [1.29, 1.82) is 0 Å². The van der Waals surface area contributed by atoms with E-state index in [1.807, 2.05) is 30.9 Å². The summed E-state index contributed by atoms with van der Waals surface area (Å²) in [6.07, 6.45) is 1.68. The molecule has 156 valence electrons. The largest absolute Gasteiger partial charge is 0.331 e. The van der Waals surface area contributed by atoms with E-state index in [2.05, 4.69) is 30.5 Å². The van der Waals surface area contributed by atoms with Crippen LogP contribution < -0.4 is 0 Å². The molecule has 29 heavy (non-hydrogen) atoms. The Morgan fingerprint density at radius 3 is 2.59 bits per heavy atom. The van der Waals surface area contributed by atoms with Crippen LogP contribution in [0.25, 0.3) is 0 Å². The van der Waals surface area contributed by atoms with Gasteiger partial charge in [-0.3, -0.25) is 4.79 Å². The summed E-state index contributed by atoms with van der Waals surface area (Å²) in [6.45, 7) is 6.92. The lowest BCUT2D eigenvalue weighted by atomic mass is 9.90. The highest BCUT2D eigenvalue weighted by atomic mass is 32.1. The number of thiophene rings is 1. The molecule has 0 N–H and O–H groups in total. The van der Waals surface area contributed by atoms with Crippen LogP contribution in [0.3, 0.4) is 0 Å². The van der Waals surface area contributed by atoms with Crippen LogP contribution in [0.5, 0.6) is 0 Å². The summed E-state index contributed by atoms with van der Waals surface area (Å²) < 4.78 is 0. The number of aryl methyl sites for hydroxylation is 1. The summed E-state index contributed by atoms with van der Waals surface area (Å²) in [6, 6.07) is 10.2. The topological polar surface area (TPSA) is 43.9 Å². The first-order chi connectivity index (χ1) is 13.8. The van der Waals surface area contributed by atoms with Gasteiger partial charge in [0.25, 0.3) is 0 Å². The summed E-state index contributed by atoms with van der Waals surface area (Å²) in [5.41, 5.74) is 3.56. The van der Waals surface area contributed by atoms with Gasteiger partial charge < -0.3 is 14.7 Å². The first-order valence-electron chi connectivity index (χ1n) is 10.2. The van der Waals surface area contributed by atoms with Gasteiger partial charge in [-0.1, -0.05) is 31.2 Å². The predicted octanol–water partition coefficient (Wildman–Crippen LogP) is 4.31. The van der Waals surface area contributed by atoms with Crippen LogP contribution in [-0.2, 0) is 11.2 Å². The number of carbonyl (C=O) groups excluding carboxylic acids is 2. The fraction of sp³-hybridized carbons (Fsp3) is 0.478. The Kier molecular flexibility index (Phi) is 6.63. The van der Waals surface area contributed by atoms with E-state index in [1.54, 1.807) is 35.2 Å². The zero-order valence-electron chi connectivity index (χ0n) is 18.0. The molecule has 0 radical (unpaired) electrons. The van der Waals surface area contributed by atoms with Crippen molar-refractivity contribution in [2.45, 2.75) is 45.7 Å². The minimum absolute atomic E-state index is 0.00519. The van der Waals surface area contributed by atoms with E-state index in [-0.39, 0.29) is 30.6 Å². The number of benzene rings is 1. The zero-order valence-corrected chi connectivity index (χ0v) is 18.8. The lowest BCUT2D eigenvalue weighted by molar-refractivity contribution is -0.134. The second kappa shape index (κ2) is 8.99. The molecule has 5 nitrogen and oxygen atoms in total. The first kappa shape index (κ1) is 21.4. The van der Waals surface area contributed by atoms with Gasteiger partial charge in [-0.15, -0.1) is 11.3 Å². The van der Waals surface area contributed by atoms with E-state index < -0.39 is 0 Å². The number of nitrogens with zero attached hydrogens (tertiary/aromatic N) is 3. The molecule has 0 bridgehead atoms. The molecule has 2 atom stereocenters. The lowest BCUT2D eigenvalue weighted by Crippen LogP contribution is -2.51. The van der Waals surface area contributed by atoms with Crippen LogP contribution in [0.15, 0.2) is 35.7 Å². The Hall–Kier alpha value is -2.34. The van der Waals surface area contributed by atoms with Crippen LogP contribution in [-0.4, -0.2) is 59.9 Å². The molecule has 3 rings (SSSR count). The van der Waals surface area contributed by atoms with E-state index in [0.717, 1.165) is 18.4 Å². The molecule has 0 unspecified atom stereocenters. The summed E-state index contributed by atoms with van der Waals surface area (Å²) in [4.78, 5) is 32.8. The maximum absolute atomic E-state index is 13.5. The van der Waals surface area contributed by atoms with Crippen molar-refractivity contribution < 1.29 is 9.59 Å². The van der Waals surface area contributed by atoms with Crippen LogP contribution in [0.2, 0.25) is 0 Å². The molecule has 1 aliphatic heterocycles. The number of rotatable bonds is 5. The van der Waals surface area contributed by atoms with E-state index in [1.165, 1.54) is 16.0 Å². The molecule has 1 aliphatic rings. The van der Waals surface area contributed by atoms with Gasteiger partial charge >= 0.3 is 6.03 Å². The molecular formula is C23H31N3O2S. The number of hydrogen-bond donors (Lipinski definition) is 0. The number of fused-ring (bicyclic) bond motifs is 1. The van der Waals surface area contributed by atoms with E-state index in [0.29, 0.717) is 6.54 Å². The summed E-state index contributed by atoms with van der Waals surface area (Å²) in [5, 5.41) is 2.12. The molecule has 1 aromatic carbocycles. The molecule has 0 saturated heterocycles. The van der Waals surface area contributed by atoms with Crippen molar-refractivity contribution in [3.63, 3.8) is 0 Å². The quantitative estimate of drug-likeness (QED) is 0.733. The zero-order chi connectivity index (χ0) is 21.1. The summed E-state index contributed by atoms with van der Waals surface area (Å²) >= 11 is 1.77. The monoisotopic (exact) mass is 413 g/mol. The predicted molar refractivity (Wildman–Crippen MR) is 118 cm³/mol. The van der Waals surface area contributed by atoms with Crippen molar-refractivity contribution >= 4 is 23.3 Å². The Balaban J connectivity index is 1.94. The number of urea groups is 1. The van der Waals surface area contributed by atoms with Crippen LogP contribution in [0.1, 0.15) is 47.9 Å². The Morgan fingerprint density at radius 1 is 1.21 bits per heavy atom. The van der Waals surface area contributed by atoms with E-state index >= 15 is 0 Å². The van der Waals surface area contributed by atoms with Crippen molar-refractivity contribution in [1.82, 2.24) is 14.7 Å². The standard InChI is InChI=1S/C23H31N3O2S/c1-6-17(3)26(23(28)24(4)5)15-21(27)25-13-11-20-19(12-14-29-20)22(25)18-10-8-7-9-16(18)2/h7-10,12,14,17,22H,6,11,13,15H2,1-5H3/t17-,22+/m0/s1. The fourth-order valence-corrected chi connectivity index (χ4v) is 4.84. The Morgan fingerprint density at radius 2 is 1.93 bits per heavy atom. The van der Waals surface area contributed by atoms with Gasteiger partial charge in [-0.25, -0.2) is 4.79 Å². The van der Waals surface area contributed by atoms with Crippen LogP contribution in [0, 0.1) is 6.92 Å². The minimum atomic E-state index is -0.117. The summed E-state index contributed by atoms with van der Waals surface area (Å²) in [5.74, 6) is 0.00519. The molecule has 2 aromatic rings. The highest BCUT2D eigenvalue weighted by Gasteiger charge is 2.35. The van der Waals surface area contributed by atoms with Gasteiger partial charge in [-0.05, 0) is 54.8 Å². The lowest BCUT2D eigenvalue weighted by Gasteiger charge is -2.39. The molecule has 0 aliphatic carbocycles. The molecule has 0 fully saturated rings. The van der Waals surface area contributed by atoms with Gasteiger partial charge in [-0.2, -0.15) is 0 Å².